The Bertz CT molecular complexity index is 416. The largest absolute Gasteiger partial charge is 0.448 e. The molecule has 1 aromatic carbocycles. The highest BCUT2D eigenvalue weighted by molar-refractivity contribution is 7.80. The molecule has 0 saturated carbocycles. The van der Waals surface area contributed by atoms with E-state index in [9.17, 15) is 4.79 Å². The van der Waals surface area contributed by atoms with E-state index in [1.54, 1.807) is 4.90 Å². The summed E-state index contributed by atoms with van der Waals surface area (Å²) in [4.78, 5) is 13.3. The Kier molecular flexibility index (Phi) is 3.05. The third-order valence-corrected chi connectivity index (χ3v) is 2.69. The molecule has 1 heterocycles. The minimum absolute atomic E-state index is 0.251. The Hall–Kier alpha value is -1.62. The lowest BCUT2D eigenvalue weighted by atomic mass is 10.1. The highest BCUT2D eigenvalue weighted by atomic mass is 32.1. The standard InChI is InChI=1S/C11H12N2O2S/c12-10(16)9-3-1-8(2-4-9)7-13-5-6-15-11(13)14/h1-4H,5-7H2,(H2,12,16). The number of nitrogens with zero attached hydrogens (tertiary/aromatic N) is 1. The van der Waals surface area contributed by atoms with Crippen LogP contribution in [0.1, 0.15) is 11.1 Å². The first kappa shape index (κ1) is 10.9. The van der Waals surface area contributed by atoms with E-state index in [1.807, 2.05) is 24.3 Å². The van der Waals surface area contributed by atoms with Gasteiger partial charge in [0.25, 0.3) is 0 Å². The summed E-state index contributed by atoms with van der Waals surface area (Å²) in [6.45, 7) is 1.69. The maximum Gasteiger partial charge on any atom is 0.410 e. The molecule has 2 N–H and O–H groups in total. The number of carbonyl (C=O) groups excluding carboxylic acids is 1. The number of carbonyl (C=O) groups is 1. The lowest BCUT2D eigenvalue weighted by Gasteiger charge is -2.12. The summed E-state index contributed by atoms with van der Waals surface area (Å²) in [6.07, 6.45) is -0.251. The summed E-state index contributed by atoms with van der Waals surface area (Å²) in [5.41, 5.74) is 7.37. The van der Waals surface area contributed by atoms with Crippen LogP contribution in [0, 0.1) is 0 Å². The van der Waals surface area contributed by atoms with Crippen molar-refractivity contribution in [2.45, 2.75) is 6.54 Å². The topological polar surface area (TPSA) is 55.6 Å². The molecule has 0 unspecified atom stereocenters. The maximum atomic E-state index is 11.2. The molecule has 1 fully saturated rings. The number of nitrogens with two attached hydrogens (primary N) is 1. The van der Waals surface area contributed by atoms with Crippen LogP contribution < -0.4 is 5.73 Å². The van der Waals surface area contributed by atoms with Crippen molar-refractivity contribution < 1.29 is 9.53 Å². The Labute approximate surface area is 99.0 Å². The molecule has 1 aliphatic rings. The molecule has 1 aliphatic heterocycles. The average Bonchev–Trinajstić information content (AvgIpc) is 2.65. The molecule has 0 radical (unpaired) electrons. The fourth-order valence-electron chi connectivity index (χ4n) is 1.56. The number of benzene rings is 1. The van der Waals surface area contributed by atoms with Crippen LogP contribution in [0.25, 0.3) is 0 Å². The summed E-state index contributed by atoms with van der Waals surface area (Å²) in [7, 11) is 0. The zero-order chi connectivity index (χ0) is 11.5. The number of hydrogen-bond donors (Lipinski definition) is 1. The molecule has 0 bridgehead atoms. The number of rotatable bonds is 3. The van der Waals surface area contributed by atoms with Crippen LogP contribution in [0.3, 0.4) is 0 Å². The molecule has 1 amide bonds. The van der Waals surface area contributed by atoms with E-state index in [0.29, 0.717) is 24.7 Å². The zero-order valence-electron chi connectivity index (χ0n) is 8.68. The Morgan fingerprint density at radius 3 is 2.62 bits per heavy atom. The highest BCUT2D eigenvalue weighted by Gasteiger charge is 2.21. The number of hydrogen-bond acceptors (Lipinski definition) is 3. The summed E-state index contributed by atoms with van der Waals surface area (Å²) in [5, 5.41) is 0. The van der Waals surface area contributed by atoms with Gasteiger partial charge in [-0.05, 0) is 5.56 Å². The molecule has 16 heavy (non-hydrogen) atoms. The Balaban J connectivity index is 2.05. The van der Waals surface area contributed by atoms with Crippen molar-refractivity contribution in [1.29, 1.82) is 0 Å². The van der Waals surface area contributed by atoms with E-state index < -0.39 is 0 Å². The van der Waals surface area contributed by atoms with Crippen LogP contribution in [0.2, 0.25) is 0 Å². The van der Waals surface area contributed by atoms with Crippen molar-refractivity contribution in [2.75, 3.05) is 13.2 Å². The fraction of sp³-hybridized carbons (Fsp3) is 0.273. The van der Waals surface area contributed by atoms with Crippen LogP contribution >= 0.6 is 12.2 Å². The van der Waals surface area contributed by atoms with Gasteiger partial charge in [0.15, 0.2) is 0 Å². The average molecular weight is 236 g/mol. The molecule has 2 rings (SSSR count). The van der Waals surface area contributed by atoms with Gasteiger partial charge in [0, 0.05) is 12.1 Å². The third-order valence-electron chi connectivity index (χ3n) is 2.46. The molecule has 0 atom stereocenters. The Morgan fingerprint density at radius 2 is 2.12 bits per heavy atom. The predicted octanol–water partition coefficient (Wildman–Crippen LogP) is 1.27. The summed E-state index contributed by atoms with van der Waals surface area (Å²) < 4.78 is 4.85. The fourth-order valence-corrected chi connectivity index (χ4v) is 1.70. The lowest BCUT2D eigenvalue weighted by Crippen LogP contribution is -2.23. The monoisotopic (exact) mass is 236 g/mol. The van der Waals surface area contributed by atoms with Gasteiger partial charge in [-0.25, -0.2) is 4.79 Å². The van der Waals surface area contributed by atoms with Gasteiger partial charge in [0.05, 0.1) is 6.54 Å². The smallest absolute Gasteiger partial charge is 0.410 e. The number of ether oxygens (including phenoxy) is 1. The van der Waals surface area contributed by atoms with Gasteiger partial charge in [-0.2, -0.15) is 0 Å². The SMILES string of the molecule is NC(=S)c1ccc(CN2CCOC2=O)cc1. The molecule has 5 heteroatoms. The second-order valence-corrected chi connectivity index (χ2v) is 4.04. The number of thiocarbonyl (C=S) groups is 1. The van der Waals surface area contributed by atoms with Gasteiger partial charge < -0.3 is 15.4 Å². The zero-order valence-corrected chi connectivity index (χ0v) is 9.50. The van der Waals surface area contributed by atoms with E-state index in [-0.39, 0.29) is 6.09 Å². The summed E-state index contributed by atoms with van der Waals surface area (Å²) >= 11 is 4.86. The van der Waals surface area contributed by atoms with E-state index in [0.717, 1.165) is 11.1 Å². The molecular formula is C11H12N2O2S. The summed E-state index contributed by atoms with van der Waals surface area (Å²) in [6, 6.07) is 7.55. The normalized spacial score (nSPS) is 15.0. The predicted molar refractivity (Wildman–Crippen MR) is 64.1 cm³/mol. The molecule has 84 valence electrons. The summed E-state index contributed by atoms with van der Waals surface area (Å²) in [5.74, 6) is 0. The highest BCUT2D eigenvalue weighted by Crippen LogP contribution is 2.11. The second-order valence-electron chi connectivity index (χ2n) is 3.60. The van der Waals surface area contributed by atoms with Gasteiger partial charge in [0.1, 0.15) is 11.6 Å². The first-order valence-corrected chi connectivity index (χ1v) is 5.38. The van der Waals surface area contributed by atoms with Crippen LogP contribution in [0.4, 0.5) is 4.79 Å². The van der Waals surface area contributed by atoms with Crippen LogP contribution in [0.15, 0.2) is 24.3 Å². The van der Waals surface area contributed by atoms with E-state index in [2.05, 4.69) is 0 Å². The Morgan fingerprint density at radius 1 is 1.44 bits per heavy atom. The molecule has 0 aromatic heterocycles. The van der Waals surface area contributed by atoms with Crippen molar-refractivity contribution >= 4 is 23.3 Å². The van der Waals surface area contributed by atoms with Crippen LogP contribution in [-0.2, 0) is 11.3 Å². The van der Waals surface area contributed by atoms with Gasteiger partial charge in [-0.15, -0.1) is 0 Å². The van der Waals surface area contributed by atoms with Gasteiger partial charge >= 0.3 is 6.09 Å². The van der Waals surface area contributed by atoms with Crippen molar-refractivity contribution in [3.8, 4) is 0 Å². The van der Waals surface area contributed by atoms with Gasteiger partial charge in [-0.1, -0.05) is 36.5 Å². The second kappa shape index (κ2) is 4.49. The first-order chi connectivity index (χ1) is 7.66. The molecule has 1 saturated heterocycles. The van der Waals surface area contributed by atoms with Crippen molar-refractivity contribution in [3.63, 3.8) is 0 Å². The quantitative estimate of drug-likeness (QED) is 0.803. The number of cyclic esters (lactones) is 1. The molecule has 4 nitrogen and oxygen atoms in total. The van der Waals surface area contributed by atoms with E-state index in [1.165, 1.54) is 0 Å². The van der Waals surface area contributed by atoms with Crippen molar-refractivity contribution in [2.24, 2.45) is 5.73 Å². The van der Waals surface area contributed by atoms with Crippen LogP contribution in [-0.4, -0.2) is 29.1 Å². The maximum absolute atomic E-state index is 11.2. The van der Waals surface area contributed by atoms with Crippen molar-refractivity contribution in [3.05, 3.63) is 35.4 Å². The van der Waals surface area contributed by atoms with E-state index >= 15 is 0 Å². The molecular weight excluding hydrogens is 224 g/mol. The minimum atomic E-state index is -0.251. The van der Waals surface area contributed by atoms with E-state index in [4.69, 9.17) is 22.7 Å². The minimum Gasteiger partial charge on any atom is -0.448 e. The lowest BCUT2D eigenvalue weighted by molar-refractivity contribution is 0.157. The van der Waals surface area contributed by atoms with Gasteiger partial charge in [0.2, 0.25) is 0 Å². The number of amides is 1. The molecule has 1 aromatic rings. The van der Waals surface area contributed by atoms with Crippen LogP contribution in [0.5, 0.6) is 0 Å². The molecule has 0 aliphatic carbocycles. The van der Waals surface area contributed by atoms with Crippen molar-refractivity contribution in [1.82, 2.24) is 4.90 Å². The van der Waals surface area contributed by atoms with Gasteiger partial charge in [-0.3, -0.25) is 0 Å². The third kappa shape index (κ3) is 2.30. The first-order valence-electron chi connectivity index (χ1n) is 4.97. The molecule has 0 spiro atoms.